The molecule has 0 radical (unpaired) electrons. The molecule has 0 rings (SSSR count). The predicted molar refractivity (Wildman–Crippen MR) is 63.7 cm³/mol. The van der Waals surface area contributed by atoms with E-state index in [2.05, 4.69) is 0 Å². The van der Waals surface area contributed by atoms with E-state index in [1.165, 1.54) is 0 Å². The molecule has 0 spiro atoms. The molecule has 0 aromatic heterocycles. The van der Waals surface area contributed by atoms with Gasteiger partial charge in [-0.05, 0) is 0 Å². The van der Waals surface area contributed by atoms with Gasteiger partial charge in [0, 0.05) is 12.3 Å². The van der Waals surface area contributed by atoms with E-state index in [9.17, 15) is 4.79 Å². The summed E-state index contributed by atoms with van der Waals surface area (Å²) in [5.74, 6) is -1.81. The Kier molecular flexibility index (Phi) is 14.1. The van der Waals surface area contributed by atoms with Crippen molar-refractivity contribution in [2.75, 3.05) is 13.2 Å². The van der Waals surface area contributed by atoms with Gasteiger partial charge in [-0.15, -0.1) is 0 Å². The fourth-order valence-corrected chi connectivity index (χ4v) is 0.0500. The van der Waals surface area contributed by atoms with Crippen LogP contribution in [0.25, 0.3) is 0 Å². The highest BCUT2D eigenvalue weighted by atomic mass is 16.4. The van der Waals surface area contributed by atoms with Gasteiger partial charge in [-0.1, -0.05) is 27.7 Å². The Hall–Kier alpha value is -1.14. The topological polar surface area (TPSA) is 115 Å². The molecule has 0 aromatic carbocycles. The van der Waals surface area contributed by atoms with Crippen molar-refractivity contribution < 1.29 is 30.0 Å². The van der Waals surface area contributed by atoms with Gasteiger partial charge in [0.25, 0.3) is 5.97 Å². The average molecular weight is 252 g/mol. The number of aliphatic hydroxyl groups excluding tert-OH is 2. The molecule has 6 heteroatoms. The van der Waals surface area contributed by atoms with Crippen molar-refractivity contribution in [2.45, 2.75) is 34.6 Å². The van der Waals surface area contributed by atoms with Gasteiger partial charge in [0.05, 0.1) is 19.1 Å². The van der Waals surface area contributed by atoms with Crippen LogP contribution in [-0.4, -0.2) is 45.6 Å². The molecule has 0 aromatic rings. The van der Waals surface area contributed by atoms with Crippen LogP contribution in [0.1, 0.15) is 34.6 Å². The van der Waals surface area contributed by atoms with Crippen LogP contribution in [0.2, 0.25) is 0 Å². The molecule has 0 amide bonds. The zero-order valence-corrected chi connectivity index (χ0v) is 11.1. The van der Waals surface area contributed by atoms with Crippen LogP contribution in [0.4, 0.5) is 0 Å². The highest BCUT2D eigenvalue weighted by molar-refractivity contribution is 5.68. The van der Waals surface area contributed by atoms with E-state index in [0.717, 1.165) is 6.92 Å². The van der Waals surface area contributed by atoms with Gasteiger partial charge in [0.2, 0.25) is 0 Å². The van der Waals surface area contributed by atoms with Gasteiger partial charge >= 0.3 is 5.97 Å². The fourth-order valence-electron chi connectivity index (χ4n) is 0.0500. The molecule has 0 atom stereocenters. The second-order valence-electron chi connectivity index (χ2n) is 4.49. The van der Waals surface area contributed by atoms with Crippen LogP contribution in [0.5, 0.6) is 0 Å². The number of aliphatic hydroxyl groups is 2. The molecule has 0 aliphatic heterocycles. The summed E-state index contributed by atoms with van der Waals surface area (Å²) in [6, 6.07) is 0. The maximum atomic E-state index is 9.70. The Morgan fingerprint density at radius 3 is 1.24 bits per heavy atom. The van der Waals surface area contributed by atoms with Crippen LogP contribution in [0.3, 0.4) is 0 Å². The van der Waals surface area contributed by atoms with Crippen LogP contribution in [0, 0.1) is 11.3 Å². The number of carboxylic acid groups (broad SMARTS) is 2. The van der Waals surface area contributed by atoms with Crippen molar-refractivity contribution >= 4 is 11.9 Å². The number of aliphatic carboxylic acids is 2. The first-order valence-corrected chi connectivity index (χ1v) is 5.14. The molecule has 17 heavy (non-hydrogen) atoms. The third-order valence-electron chi connectivity index (χ3n) is 1.35. The van der Waals surface area contributed by atoms with Crippen LogP contribution < -0.4 is 0 Å². The lowest BCUT2D eigenvalue weighted by atomic mass is 9.97. The number of rotatable bonds is 3. The van der Waals surface area contributed by atoms with Crippen molar-refractivity contribution in [3.63, 3.8) is 0 Å². The van der Waals surface area contributed by atoms with E-state index in [1.807, 2.05) is 0 Å². The maximum Gasteiger partial charge on any atom is 0.305 e. The summed E-state index contributed by atoms with van der Waals surface area (Å²) in [5, 5.41) is 32.3. The van der Waals surface area contributed by atoms with Gasteiger partial charge in [-0.25, -0.2) is 0 Å². The lowest BCUT2D eigenvalue weighted by Gasteiger charge is -2.16. The average Bonchev–Trinajstić information content (AvgIpc) is 2.18. The summed E-state index contributed by atoms with van der Waals surface area (Å²) < 4.78 is 0. The van der Waals surface area contributed by atoms with Crippen LogP contribution in [0.15, 0.2) is 0 Å². The van der Waals surface area contributed by atoms with Gasteiger partial charge < -0.3 is 20.4 Å². The standard InChI is InChI=1S/C5H12O2.C4H8O2.C2H4O2/c1-5(2,3-6)4-7;1-3(2)4(5)6;1-2(3)4/h6-7H,3-4H2,1-2H3;3H,1-2H3,(H,5,6);1H3,(H,3,4). The molecule has 0 saturated carbocycles. The molecule has 4 N–H and O–H groups in total. The van der Waals surface area contributed by atoms with E-state index in [-0.39, 0.29) is 24.5 Å². The minimum atomic E-state index is -0.833. The quantitative estimate of drug-likeness (QED) is 0.591. The SMILES string of the molecule is CC(=O)O.CC(C)(CO)CO.CC(C)C(=O)O. The van der Waals surface area contributed by atoms with E-state index >= 15 is 0 Å². The lowest BCUT2D eigenvalue weighted by Crippen LogP contribution is -2.20. The number of hydrogen-bond acceptors (Lipinski definition) is 4. The Morgan fingerprint density at radius 2 is 1.24 bits per heavy atom. The minimum Gasteiger partial charge on any atom is -0.481 e. The summed E-state index contributed by atoms with van der Waals surface area (Å²) in [6.07, 6.45) is 0. The van der Waals surface area contributed by atoms with Crippen LogP contribution in [-0.2, 0) is 9.59 Å². The zero-order valence-electron chi connectivity index (χ0n) is 11.1. The van der Waals surface area contributed by atoms with Gasteiger partial charge in [-0.3, -0.25) is 9.59 Å². The molecular weight excluding hydrogens is 228 g/mol. The molecular formula is C11H24O6. The second-order valence-corrected chi connectivity index (χ2v) is 4.49. The number of carbonyl (C=O) groups is 2. The largest absolute Gasteiger partial charge is 0.481 e. The lowest BCUT2D eigenvalue weighted by molar-refractivity contribution is -0.140. The molecule has 0 saturated heterocycles. The van der Waals surface area contributed by atoms with Crippen molar-refractivity contribution in [1.29, 1.82) is 0 Å². The van der Waals surface area contributed by atoms with E-state index in [0.29, 0.717) is 0 Å². The van der Waals surface area contributed by atoms with Gasteiger partial charge in [-0.2, -0.15) is 0 Å². The first kappa shape index (κ1) is 21.2. The second kappa shape index (κ2) is 11.3. The maximum absolute atomic E-state index is 9.70. The molecule has 6 nitrogen and oxygen atoms in total. The monoisotopic (exact) mass is 252 g/mol. The first-order chi connectivity index (χ1) is 7.50. The van der Waals surface area contributed by atoms with E-state index in [1.54, 1.807) is 27.7 Å². The summed E-state index contributed by atoms with van der Waals surface area (Å²) in [7, 11) is 0. The van der Waals surface area contributed by atoms with Crippen LogP contribution >= 0.6 is 0 Å². The molecule has 0 aliphatic rings. The van der Waals surface area contributed by atoms with Crippen molar-refractivity contribution in [2.24, 2.45) is 11.3 Å². The highest BCUT2D eigenvalue weighted by Crippen LogP contribution is 2.10. The Morgan fingerprint density at radius 1 is 1.06 bits per heavy atom. The molecule has 0 heterocycles. The summed E-state index contributed by atoms with van der Waals surface area (Å²) in [5.41, 5.74) is -0.306. The number of hydrogen-bond donors (Lipinski definition) is 4. The minimum absolute atomic E-state index is 0.0451. The van der Waals surface area contributed by atoms with E-state index in [4.69, 9.17) is 25.2 Å². The van der Waals surface area contributed by atoms with Gasteiger partial charge in [0.15, 0.2) is 0 Å². The molecule has 0 aliphatic carbocycles. The molecule has 0 unspecified atom stereocenters. The Labute approximate surface area is 102 Å². The normalized spacial score (nSPS) is 9.65. The summed E-state index contributed by atoms with van der Waals surface area (Å²) in [6.45, 7) is 8.05. The highest BCUT2D eigenvalue weighted by Gasteiger charge is 2.13. The van der Waals surface area contributed by atoms with Crippen molar-refractivity contribution in [1.82, 2.24) is 0 Å². The first-order valence-electron chi connectivity index (χ1n) is 5.14. The van der Waals surface area contributed by atoms with Gasteiger partial charge in [0.1, 0.15) is 0 Å². The third kappa shape index (κ3) is 31.3. The predicted octanol–water partition coefficient (Wildman–Crippen LogP) is 0.815. The van der Waals surface area contributed by atoms with Crippen molar-refractivity contribution in [3.05, 3.63) is 0 Å². The smallest absolute Gasteiger partial charge is 0.305 e. The molecule has 0 bridgehead atoms. The number of carboxylic acids is 2. The molecule has 104 valence electrons. The van der Waals surface area contributed by atoms with E-state index < -0.39 is 11.9 Å². The Balaban J connectivity index is -0.000000180. The summed E-state index contributed by atoms with van der Waals surface area (Å²) in [4.78, 5) is 18.7. The third-order valence-corrected chi connectivity index (χ3v) is 1.35. The summed E-state index contributed by atoms with van der Waals surface area (Å²) >= 11 is 0. The fraction of sp³-hybridized carbons (Fsp3) is 0.818. The van der Waals surface area contributed by atoms with Crippen molar-refractivity contribution in [3.8, 4) is 0 Å². The zero-order chi connectivity index (χ0) is 14.6. The molecule has 0 fully saturated rings. The Bertz CT molecular complexity index is 200.